The van der Waals surface area contributed by atoms with Gasteiger partial charge >= 0.3 is 0 Å². The quantitative estimate of drug-likeness (QED) is 0.816. The van der Waals surface area contributed by atoms with Crippen molar-refractivity contribution >= 4 is 15.9 Å². The van der Waals surface area contributed by atoms with Crippen LogP contribution < -0.4 is 0 Å². The predicted octanol–water partition coefficient (Wildman–Crippen LogP) is 2.77. The molecule has 2 aromatic rings. The molecule has 0 atom stereocenters. The minimum atomic E-state index is 0.324. The van der Waals surface area contributed by atoms with E-state index >= 15 is 0 Å². The first-order valence-electron chi connectivity index (χ1n) is 4.96. The van der Waals surface area contributed by atoms with Crippen molar-refractivity contribution in [3.63, 3.8) is 0 Å². The van der Waals surface area contributed by atoms with Crippen LogP contribution in [0.2, 0.25) is 0 Å². The summed E-state index contributed by atoms with van der Waals surface area (Å²) in [6.45, 7) is 4.19. The number of nitriles is 1. The van der Waals surface area contributed by atoms with E-state index < -0.39 is 0 Å². The van der Waals surface area contributed by atoms with Gasteiger partial charge in [-0.3, -0.25) is 0 Å². The molecule has 1 aromatic carbocycles. The molecule has 0 radical (unpaired) electrons. The van der Waals surface area contributed by atoms with Crippen molar-refractivity contribution in [2.45, 2.75) is 6.54 Å². The zero-order valence-electron chi connectivity index (χ0n) is 8.97. The summed E-state index contributed by atoms with van der Waals surface area (Å²) in [5, 5.41) is 16.8. The van der Waals surface area contributed by atoms with E-state index in [4.69, 9.17) is 5.26 Å². The van der Waals surface area contributed by atoms with Crippen molar-refractivity contribution in [3.05, 3.63) is 47.1 Å². The molecule has 0 bridgehead atoms. The first kappa shape index (κ1) is 11.6. The minimum Gasteiger partial charge on any atom is -0.239 e. The number of rotatable bonds is 3. The fourth-order valence-electron chi connectivity index (χ4n) is 1.56. The molecule has 0 saturated heterocycles. The van der Waals surface area contributed by atoms with Crippen molar-refractivity contribution in [3.8, 4) is 17.3 Å². The number of allylic oxidation sites excluding steroid dienone is 1. The molecule has 0 fully saturated rings. The summed E-state index contributed by atoms with van der Waals surface area (Å²) in [7, 11) is 0. The molecule has 0 aliphatic rings. The van der Waals surface area contributed by atoms with Gasteiger partial charge in [0.25, 0.3) is 0 Å². The van der Waals surface area contributed by atoms with Gasteiger partial charge in [0.1, 0.15) is 11.8 Å². The highest BCUT2D eigenvalue weighted by Gasteiger charge is 2.13. The smallest absolute Gasteiger partial charge is 0.190 e. The van der Waals surface area contributed by atoms with Crippen LogP contribution in [0.5, 0.6) is 0 Å². The fraction of sp³-hybridized carbons (Fsp3) is 0.0833. The van der Waals surface area contributed by atoms with Gasteiger partial charge in [-0.2, -0.15) is 5.26 Å². The van der Waals surface area contributed by atoms with E-state index in [1.165, 1.54) is 0 Å². The summed E-state index contributed by atoms with van der Waals surface area (Å²) in [5.74, 6) is 0. The Labute approximate surface area is 107 Å². The molecule has 0 aliphatic carbocycles. The Balaban J connectivity index is 2.60. The molecule has 0 saturated carbocycles. The summed E-state index contributed by atoms with van der Waals surface area (Å²) >= 11 is 3.40. The van der Waals surface area contributed by atoms with E-state index in [0.29, 0.717) is 17.9 Å². The zero-order chi connectivity index (χ0) is 12.3. The van der Waals surface area contributed by atoms with Crippen molar-refractivity contribution < 1.29 is 0 Å². The number of nitrogens with zero attached hydrogens (tertiary/aromatic N) is 4. The van der Waals surface area contributed by atoms with Gasteiger partial charge < -0.3 is 0 Å². The summed E-state index contributed by atoms with van der Waals surface area (Å²) in [5.41, 5.74) is 1.95. The Bertz CT molecular complexity index is 595. The van der Waals surface area contributed by atoms with E-state index in [-0.39, 0.29) is 0 Å². The van der Waals surface area contributed by atoms with E-state index in [2.05, 4.69) is 32.8 Å². The Kier molecular flexibility index (Phi) is 3.35. The molecular weight excluding hydrogens is 280 g/mol. The lowest BCUT2D eigenvalue weighted by Crippen LogP contribution is -2.00. The normalized spacial score (nSPS) is 9.88. The molecule has 0 spiro atoms. The summed E-state index contributed by atoms with van der Waals surface area (Å²) in [6, 6.07) is 9.73. The van der Waals surface area contributed by atoms with E-state index in [1.54, 1.807) is 10.8 Å². The summed E-state index contributed by atoms with van der Waals surface area (Å²) in [4.78, 5) is 0. The predicted molar refractivity (Wildman–Crippen MR) is 68.1 cm³/mol. The Hall–Kier alpha value is -1.93. The maximum absolute atomic E-state index is 9.03. The van der Waals surface area contributed by atoms with Gasteiger partial charge in [-0.25, -0.2) is 4.68 Å². The third kappa shape index (κ3) is 2.27. The van der Waals surface area contributed by atoms with Crippen LogP contribution >= 0.6 is 15.9 Å². The highest BCUT2D eigenvalue weighted by Crippen LogP contribution is 2.24. The van der Waals surface area contributed by atoms with Crippen LogP contribution in [0.1, 0.15) is 5.69 Å². The molecule has 2 rings (SSSR count). The van der Waals surface area contributed by atoms with E-state index in [0.717, 1.165) is 10.0 Å². The molecule has 0 aliphatic heterocycles. The molecule has 1 aromatic heterocycles. The van der Waals surface area contributed by atoms with Crippen LogP contribution in [-0.2, 0) is 6.54 Å². The van der Waals surface area contributed by atoms with Crippen molar-refractivity contribution in [1.82, 2.24) is 15.0 Å². The van der Waals surface area contributed by atoms with Gasteiger partial charge in [0.15, 0.2) is 5.69 Å². The minimum absolute atomic E-state index is 0.324. The number of halogens is 1. The molecule has 0 unspecified atom stereocenters. The summed E-state index contributed by atoms with van der Waals surface area (Å²) < 4.78 is 2.61. The molecular formula is C12H9BrN4. The van der Waals surface area contributed by atoms with Crippen LogP contribution in [0.3, 0.4) is 0 Å². The molecule has 5 heteroatoms. The monoisotopic (exact) mass is 288 g/mol. The van der Waals surface area contributed by atoms with Crippen LogP contribution in [-0.4, -0.2) is 15.0 Å². The average Bonchev–Trinajstić information content (AvgIpc) is 2.72. The van der Waals surface area contributed by atoms with Gasteiger partial charge in [-0.05, 0) is 12.1 Å². The lowest BCUT2D eigenvalue weighted by atomic mass is 10.1. The second kappa shape index (κ2) is 4.93. The lowest BCUT2D eigenvalue weighted by Gasteiger charge is -2.04. The standard InChI is InChI=1S/C12H9BrN4/c1-2-6-17-12(11(8-14)15-16-17)9-4-3-5-10(13)7-9/h2-5,7H,1,6H2. The maximum Gasteiger partial charge on any atom is 0.190 e. The second-order valence-corrected chi connectivity index (χ2v) is 4.30. The SMILES string of the molecule is C=CCn1nnc(C#N)c1-c1cccc(Br)c1. The van der Waals surface area contributed by atoms with Gasteiger partial charge in [0.2, 0.25) is 0 Å². The molecule has 0 amide bonds. The number of aromatic nitrogens is 3. The maximum atomic E-state index is 9.03. The third-order valence-electron chi connectivity index (χ3n) is 2.24. The van der Waals surface area contributed by atoms with E-state index in [9.17, 15) is 0 Å². The molecule has 0 N–H and O–H groups in total. The number of benzene rings is 1. The Morgan fingerprint density at radius 3 is 3.00 bits per heavy atom. The van der Waals surface area contributed by atoms with Crippen molar-refractivity contribution in [1.29, 1.82) is 5.26 Å². The number of hydrogen-bond donors (Lipinski definition) is 0. The van der Waals surface area contributed by atoms with Crippen LogP contribution in [0.4, 0.5) is 0 Å². The topological polar surface area (TPSA) is 54.5 Å². The van der Waals surface area contributed by atoms with Gasteiger partial charge in [-0.1, -0.05) is 39.4 Å². The van der Waals surface area contributed by atoms with Gasteiger partial charge in [0.05, 0.1) is 6.54 Å². The van der Waals surface area contributed by atoms with Gasteiger partial charge in [-0.15, -0.1) is 11.7 Å². The molecule has 1 heterocycles. The molecule has 4 nitrogen and oxygen atoms in total. The average molecular weight is 289 g/mol. The fourth-order valence-corrected chi connectivity index (χ4v) is 1.96. The first-order valence-corrected chi connectivity index (χ1v) is 5.76. The summed E-state index contributed by atoms with van der Waals surface area (Å²) in [6.07, 6.45) is 1.72. The van der Waals surface area contributed by atoms with Crippen LogP contribution in [0.15, 0.2) is 41.4 Å². The second-order valence-electron chi connectivity index (χ2n) is 3.38. The highest BCUT2D eigenvalue weighted by molar-refractivity contribution is 9.10. The number of hydrogen-bond acceptors (Lipinski definition) is 3. The molecule has 84 valence electrons. The van der Waals surface area contributed by atoms with Crippen molar-refractivity contribution in [2.24, 2.45) is 0 Å². The lowest BCUT2D eigenvalue weighted by molar-refractivity contribution is 0.668. The Morgan fingerprint density at radius 1 is 1.53 bits per heavy atom. The van der Waals surface area contributed by atoms with Crippen LogP contribution in [0, 0.1) is 11.3 Å². The van der Waals surface area contributed by atoms with Crippen molar-refractivity contribution in [2.75, 3.05) is 0 Å². The molecule has 17 heavy (non-hydrogen) atoms. The van der Waals surface area contributed by atoms with E-state index in [1.807, 2.05) is 30.3 Å². The first-order chi connectivity index (χ1) is 8.26. The third-order valence-corrected chi connectivity index (χ3v) is 2.73. The van der Waals surface area contributed by atoms with Crippen LogP contribution in [0.25, 0.3) is 11.3 Å². The Morgan fingerprint density at radius 2 is 2.35 bits per heavy atom. The van der Waals surface area contributed by atoms with Gasteiger partial charge in [0, 0.05) is 10.0 Å². The highest BCUT2D eigenvalue weighted by atomic mass is 79.9. The largest absolute Gasteiger partial charge is 0.239 e. The zero-order valence-corrected chi connectivity index (χ0v) is 10.6.